The van der Waals surface area contributed by atoms with Crippen molar-refractivity contribution >= 4 is 16.6 Å². The second-order valence-electron chi connectivity index (χ2n) is 7.70. The number of pyridine rings is 1. The van der Waals surface area contributed by atoms with Gasteiger partial charge in [-0.3, -0.25) is 4.79 Å². The van der Waals surface area contributed by atoms with Crippen LogP contribution in [0, 0.1) is 12.1 Å². The smallest absolute Gasteiger partial charge is 0.253 e. The number of ether oxygens (including phenoxy) is 1. The zero-order valence-corrected chi connectivity index (χ0v) is 17.6. The first-order chi connectivity index (χ1) is 15.3. The van der Waals surface area contributed by atoms with Gasteiger partial charge in [-0.1, -0.05) is 48.5 Å². The van der Waals surface area contributed by atoms with E-state index < -0.39 is 0 Å². The number of hydrogen-bond acceptors (Lipinski definition) is 3. The molecule has 0 N–H and O–H groups in total. The number of aryl methyl sites for hydroxylation is 1. The van der Waals surface area contributed by atoms with Crippen LogP contribution in [0.3, 0.4) is 0 Å². The minimum Gasteiger partial charge on any atom is -0.378 e. The fourth-order valence-corrected chi connectivity index (χ4v) is 4.41. The molecule has 4 nitrogen and oxygen atoms in total. The summed E-state index contributed by atoms with van der Waals surface area (Å²) in [5.74, 6) is 0. The number of hydrogen-bond donors (Lipinski definition) is 0. The topological polar surface area (TPSA) is 34.5 Å². The number of fused-ring (bicyclic) bond motifs is 1. The molecule has 154 valence electrons. The highest BCUT2D eigenvalue weighted by Crippen LogP contribution is 2.35. The third-order valence-corrected chi connectivity index (χ3v) is 5.94. The largest absolute Gasteiger partial charge is 0.378 e. The molecule has 1 aromatic heterocycles. The molecular weight excluding hydrogens is 384 g/mol. The van der Waals surface area contributed by atoms with Crippen LogP contribution in [-0.4, -0.2) is 30.9 Å². The van der Waals surface area contributed by atoms with Gasteiger partial charge >= 0.3 is 0 Å². The number of anilines is 1. The first kappa shape index (κ1) is 19.4. The van der Waals surface area contributed by atoms with E-state index in [9.17, 15) is 4.79 Å². The molecule has 0 amide bonds. The van der Waals surface area contributed by atoms with Gasteiger partial charge in [-0.05, 0) is 47.9 Å². The maximum atomic E-state index is 12.8. The van der Waals surface area contributed by atoms with Crippen molar-refractivity contribution < 1.29 is 4.74 Å². The second kappa shape index (κ2) is 8.29. The van der Waals surface area contributed by atoms with E-state index >= 15 is 0 Å². The lowest BCUT2D eigenvalue weighted by molar-refractivity contribution is 0.123. The van der Waals surface area contributed by atoms with Gasteiger partial charge in [-0.25, -0.2) is 0 Å². The Bertz CT molecular complexity index is 1270. The third-order valence-electron chi connectivity index (χ3n) is 5.94. The van der Waals surface area contributed by atoms with Crippen LogP contribution in [0.15, 0.2) is 71.5 Å². The van der Waals surface area contributed by atoms with E-state index in [2.05, 4.69) is 65.6 Å². The molecule has 3 aromatic carbocycles. The van der Waals surface area contributed by atoms with Crippen molar-refractivity contribution in [2.24, 2.45) is 0 Å². The van der Waals surface area contributed by atoms with Gasteiger partial charge in [0.25, 0.3) is 5.56 Å². The average Bonchev–Trinajstić information content (AvgIpc) is 2.84. The molecule has 0 saturated carbocycles. The first-order valence-corrected chi connectivity index (χ1v) is 10.7. The van der Waals surface area contributed by atoms with Crippen LogP contribution in [-0.2, 0) is 11.3 Å². The zero-order chi connectivity index (χ0) is 21.2. The van der Waals surface area contributed by atoms with Crippen molar-refractivity contribution in [3.8, 4) is 22.3 Å². The SMILES string of the molecule is CCn1c(=O)cc(N2CCOCC2)c2cc(-c3ccccc3-c3c#cccc3)ccc21. The summed E-state index contributed by atoms with van der Waals surface area (Å²) in [6, 6.07) is 28.8. The lowest BCUT2D eigenvalue weighted by atomic mass is 9.94. The van der Waals surface area contributed by atoms with Gasteiger partial charge in [0.1, 0.15) is 0 Å². The van der Waals surface area contributed by atoms with Gasteiger partial charge < -0.3 is 14.2 Å². The molecule has 0 aliphatic carbocycles. The van der Waals surface area contributed by atoms with Gasteiger partial charge in [0.05, 0.1) is 24.4 Å². The maximum absolute atomic E-state index is 12.8. The summed E-state index contributed by atoms with van der Waals surface area (Å²) in [5, 5.41) is 1.10. The van der Waals surface area contributed by atoms with Crippen molar-refractivity contribution in [3.63, 3.8) is 0 Å². The van der Waals surface area contributed by atoms with Crippen LogP contribution in [0.1, 0.15) is 6.92 Å². The van der Waals surface area contributed by atoms with Gasteiger partial charge in [-0.2, -0.15) is 0 Å². The highest BCUT2D eigenvalue weighted by atomic mass is 16.5. The van der Waals surface area contributed by atoms with Gasteiger partial charge in [-0.15, -0.1) is 0 Å². The number of benzene rings is 2. The molecule has 4 heteroatoms. The highest BCUT2D eigenvalue weighted by Gasteiger charge is 2.18. The Kier molecular flexibility index (Phi) is 5.19. The van der Waals surface area contributed by atoms with Crippen LogP contribution < -0.4 is 10.5 Å². The summed E-state index contributed by atoms with van der Waals surface area (Å²) >= 11 is 0. The molecule has 5 rings (SSSR count). The number of morpholine rings is 1. The van der Waals surface area contributed by atoms with E-state index in [-0.39, 0.29) is 5.56 Å². The summed E-state index contributed by atoms with van der Waals surface area (Å²) in [4.78, 5) is 15.1. The van der Waals surface area contributed by atoms with Gasteiger partial charge in [0.15, 0.2) is 0 Å². The van der Waals surface area contributed by atoms with Crippen LogP contribution in [0.2, 0.25) is 0 Å². The summed E-state index contributed by atoms with van der Waals surface area (Å²) < 4.78 is 7.38. The predicted octanol–water partition coefficient (Wildman–Crippen LogP) is 4.79. The molecule has 1 saturated heterocycles. The maximum Gasteiger partial charge on any atom is 0.253 e. The molecular formula is C27H24N2O2. The lowest BCUT2D eigenvalue weighted by Crippen LogP contribution is -2.37. The number of rotatable bonds is 4. The van der Waals surface area contributed by atoms with Crippen LogP contribution in [0.25, 0.3) is 33.2 Å². The van der Waals surface area contributed by atoms with Gasteiger partial charge in [0, 0.05) is 36.7 Å². The Labute approximate surface area is 182 Å². The zero-order valence-electron chi connectivity index (χ0n) is 17.6. The number of aromatic nitrogens is 1. The summed E-state index contributed by atoms with van der Waals surface area (Å²) in [6.45, 7) is 5.60. The fraction of sp³-hybridized carbons (Fsp3) is 0.222. The average molecular weight is 409 g/mol. The second-order valence-corrected chi connectivity index (χ2v) is 7.70. The minimum absolute atomic E-state index is 0.0408. The van der Waals surface area contributed by atoms with Crippen molar-refractivity contribution in [2.75, 3.05) is 31.2 Å². The summed E-state index contributed by atoms with van der Waals surface area (Å²) in [6.07, 6.45) is 0. The van der Waals surface area contributed by atoms with E-state index in [0.29, 0.717) is 19.8 Å². The Morgan fingerprint density at radius 3 is 2.52 bits per heavy atom. The molecule has 0 atom stereocenters. The quantitative estimate of drug-likeness (QED) is 0.487. The van der Waals surface area contributed by atoms with Crippen LogP contribution >= 0.6 is 0 Å². The summed E-state index contributed by atoms with van der Waals surface area (Å²) in [5.41, 5.74) is 6.41. The Morgan fingerprint density at radius 2 is 1.77 bits per heavy atom. The predicted molar refractivity (Wildman–Crippen MR) is 125 cm³/mol. The number of nitrogens with zero attached hydrogens (tertiary/aromatic N) is 2. The third kappa shape index (κ3) is 3.58. The van der Waals surface area contributed by atoms with Crippen molar-refractivity contribution in [1.82, 2.24) is 4.57 Å². The van der Waals surface area contributed by atoms with Crippen LogP contribution in [0.4, 0.5) is 5.69 Å². The monoisotopic (exact) mass is 408 g/mol. The minimum atomic E-state index is 0.0408. The van der Waals surface area contributed by atoms with Crippen molar-refractivity contribution in [3.05, 3.63) is 89.2 Å². The van der Waals surface area contributed by atoms with Gasteiger partial charge in [0.2, 0.25) is 0 Å². The molecule has 1 aliphatic rings. The molecule has 31 heavy (non-hydrogen) atoms. The Hall–Kier alpha value is -3.55. The van der Waals surface area contributed by atoms with E-state index in [1.165, 1.54) is 0 Å². The van der Waals surface area contributed by atoms with E-state index in [1.807, 2.05) is 23.6 Å². The van der Waals surface area contributed by atoms with Crippen LogP contribution in [0.5, 0.6) is 0 Å². The molecule has 0 unspecified atom stereocenters. The Morgan fingerprint density at radius 1 is 0.968 bits per heavy atom. The normalized spacial score (nSPS) is 13.9. The molecule has 0 radical (unpaired) electrons. The van der Waals surface area contributed by atoms with E-state index in [0.717, 1.165) is 51.9 Å². The lowest BCUT2D eigenvalue weighted by Gasteiger charge is -2.30. The Balaban J connectivity index is 1.72. The molecule has 0 bridgehead atoms. The summed E-state index contributed by atoms with van der Waals surface area (Å²) in [7, 11) is 0. The molecule has 1 fully saturated rings. The molecule has 2 heterocycles. The molecule has 1 aliphatic heterocycles. The van der Waals surface area contributed by atoms with E-state index in [1.54, 1.807) is 6.07 Å². The van der Waals surface area contributed by atoms with Crippen molar-refractivity contribution in [2.45, 2.75) is 13.5 Å². The highest BCUT2D eigenvalue weighted by molar-refractivity contribution is 5.96. The van der Waals surface area contributed by atoms with Crippen molar-refractivity contribution in [1.29, 1.82) is 0 Å². The molecule has 0 spiro atoms. The molecule has 4 aromatic rings. The fourth-order valence-electron chi connectivity index (χ4n) is 4.41. The van der Waals surface area contributed by atoms with E-state index in [4.69, 9.17) is 4.74 Å². The first-order valence-electron chi connectivity index (χ1n) is 10.7. The standard InChI is InChI=1S/C27H24N2O2/c1-2-29-25-13-12-21(23-11-7-6-10-22(23)20-8-4-3-5-9-20)18-24(25)26(19-27(29)30)28-14-16-31-17-15-28/h3-4,6-8,10-13,18-19H,2,14-17H2,1H3.